The fourth-order valence-electron chi connectivity index (χ4n) is 6.93. The lowest BCUT2D eigenvalue weighted by molar-refractivity contribution is -0.145. The zero-order chi connectivity index (χ0) is 34.5. The minimum Gasteiger partial charge on any atom is -0.466 e. The summed E-state index contributed by atoms with van der Waals surface area (Å²) < 4.78 is 6.64. The molecule has 3 aliphatic rings. The van der Waals surface area contributed by atoms with Crippen LogP contribution in [0.1, 0.15) is 57.1 Å². The highest BCUT2D eigenvalue weighted by Gasteiger charge is 2.57. The Labute approximate surface area is 292 Å². The van der Waals surface area contributed by atoms with E-state index >= 15 is 0 Å². The molecule has 2 amide bonds. The fraction of sp³-hybridized carbons (Fsp3) is 0.209. The van der Waals surface area contributed by atoms with Gasteiger partial charge in [0.05, 0.1) is 6.54 Å². The lowest BCUT2D eigenvalue weighted by atomic mass is 9.81. The Morgan fingerprint density at radius 2 is 1.62 bits per heavy atom. The van der Waals surface area contributed by atoms with Crippen LogP contribution in [0.15, 0.2) is 138 Å². The standard InChI is InChI=1S/C43H37N3O4/c1-2-26-45(28-32-22-24-34(25-23-32)39(48)33-16-8-4-9-17-33)38(47)30-46-29-36-20-12-13-21-37(36)40-43(42(46)49,27-31-14-6-3-7-15-31)44-41(50-40)35-18-10-5-11-19-35/h1,3,5-8,10-25,40H,4,9,26-30H2/t40?,43-/m0/s1. The maximum absolute atomic E-state index is 15.0. The summed E-state index contributed by atoms with van der Waals surface area (Å²) in [5.74, 6) is 2.41. The van der Waals surface area contributed by atoms with E-state index in [-0.39, 0.29) is 43.8 Å². The van der Waals surface area contributed by atoms with Crippen LogP contribution < -0.4 is 0 Å². The fourth-order valence-corrected chi connectivity index (χ4v) is 6.93. The quantitative estimate of drug-likeness (QED) is 0.141. The van der Waals surface area contributed by atoms with Gasteiger partial charge in [-0.25, -0.2) is 4.99 Å². The number of hydrogen-bond donors (Lipinski definition) is 0. The normalized spacial score (nSPS) is 19.2. The second-order valence-corrected chi connectivity index (χ2v) is 12.8. The molecular weight excluding hydrogens is 622 g/mol. The van der Waals surface area contributed by atoms with Crippen LogP contribution in [0.5, 0.6) is 0 Å². The number of aliphatic imine (C=N–C) groups is 1. The average Bonchev–Trinajstić information content (AvgIpc) is 3.51. The van der Waals surface area contributed by atoms with Gasteiger partial charge < -0.3 is 14.5 Å². The first-order chi connectivity index (χ1) is 24.4. The molecule has 0 radical (unpaired) electrons. The van der Waals surface area contributed by atoms with E-state index in [1.807, 2.05) is 115 Å². The second kappa shape index (κ2) is 14.2. The highest BCUT2D eigenvalue weighted by molar-refractivity contribution is 6.10. The number of rotatable bonds is 10. The molecule has 0 aromatic heterocycles. The molecule has 0 N–H and O–H groups in total. The first kappa shape index (κ1) is 32.5. The summed E-state index contributed by atoms with van der Waals surface area (Å²) in [6, 6.07) is 34.5. The van der Waals surface area contributed by atoms with E-state index in [0.717, 1.165) is 40.7 Å². The van der Waals surface area contributed by atoms with Gasteiger partial charge in [0.2, 0.25) is 11.8 Å². The Bertz CT molecular complexity index is 2040. The van der Waals surface area contributed by atoms with Gasteiger partial charge in [-0.1, -0.05) is 121 Å². The number of ketones is 1. The Kier molecular flexibility index (Phi) is 9.26. The van der Waals surface area contributed by atoms with Crippen LogP contribution in [0, 0.1) is 12.3 Å². The van der Waals surface area contributed by atoms with Crippen LogP contribution in [-0.4, -0.2) is 51.9 Å². The maximum atomic E-state index is 15.0. The molecule has 2 atom stereocenters. The van der Waals surface area contributed by atoms with Crippen molar-refractivity contribution >= 4 is 23.5 Å². The lowest BCUT2D eigenvalue weighted by Crippen LogP contribution is -2.52. The van der Waals surface area contributed by atoms with Gasteiger partial charge in [-0.05, 0) is 41.7 Å². The van der Waals surface area contributed by atoms with Gasteiger partial charge in [0.1, 0.15) is 6.54 Å². The highest BCUT2D eigenvalue weighted by Crippen LogP contribution is 2.46. The lowest BCUT2D eigenvalue weighted by Gasteiger charge is -2.33. The SMILES string of the molecule is C#CCN(Cc1ccc(C(=O)C2=CCCC=C2)cc1)C(=O)CN1Cc2ccccc2C2OC(c3ccccc3)=N[C@]2(Cc2ccccc2)C1=O. The molecule has 0 spiro atoms. The van der Waals surface area contributed by atoms with E-state index in [2.05, 4.69) is 5.92 Å². The summed E-state index contributed by atoms with van der Waals surface area (Å²) in [7, 11) is 0. The summed E-state index contributed by atoms with van der Waals surface area (Å²) in [4.78, 5) is 50.3. The van der Waals surface area contributed by atoms with Gasteiger partial charge in [0.15, 0.2) is 17.4 Å². The number of Topliss-reactive ketones (excluding diaryl/α,β-unsaturated/α-hetero) is 1. The Morgan fingerprint density at radius 3 is 2.34 bits per heavy atom. The van der Waals surface area contributed by atoms with Crippen LogP contribution in [0.4, 0.5) is 0 Å². The maximum Gasteiger partial charge on any atom is 0.256 e. The minimum atomic E-state index is -1.35. The van der Waals surface area contributed by atoms with E-state index in [9.17, 15) is 14.4 Å². The van der Waals surface area contributed by atoms with Crippen LogP contribution >= 0.6 is 0 Å². The largest absolute Gasteiger partial charge is 0.466 e. The smallest absolute Gasteiger partial charge is 0.256 e. The Morgan fingerprint density at radius 1 is 0.900 bits per heavy atom. The van der Waals surface area contributed by atoms with Gasteiger partial charge in [0, 0.05) is 41.8 Å². The van der Waals surface area contributed by atoms with Crippen molar-refractivity contribution in [1.29, 1.82) is 0 Å². The third kappa shape index (κ3) is 6.53. The molecule has 7 heteroatoms. The van der Waals surface area contributed by atoms with E-state index in [4.69, 9.17) is 16.2 Å². The van der Waals surface area contributed by atoms with Crippen LogP contribution in [-0.2, 0) is 33.8 Å². The van der Waals surface area contributed by atoms with Crippen molar-refractivity contribution in [2.75, 3.05) is 13.1 Å². The molecule has 4 aromatic rings. The molecule has 0 saturated heterocycles. The summed E-state index contributed by atoms with van der Waals surface area (Å²) >= 11 is 0. The third-order valence-corrected chi connectivity index (χ3v) is 9.47. The molecule has 0 bridgehead atoms. The zero-order valence-electron chi connectivity index (χ0n) is 27.7. The summed E-state index contributed by atoms with van der Waals surface area (Å²) in [5.41, 5.74) is 4.24. The predicted molar refractivity (Wildman–Crippen MR) is 193 cm³/mol. The van der Waals surface area contributed by atoms with Crippen molar-refractivity contribution in [3.05, 3.63) is 166 Å². The topological polar surface area (TPSA) is 79.3 Å². The minimum absolute atomic E-state index is 0.0271. The number of terminal acetylenes is 1. The number of nitrogens with zero attached hydrogens (tertiary/aromatic N) is 3. The van der Waals surface area contributed by atoms with E-state index in [1.54, 1.807) is 21.9 Å². The molecule has 7 rings (SSSR count). The Hall–Kier alpha value is -6.00. The molecule has 1 unspecified atom stereocenters. The number of benzene rings is 4. The molecular formula is C43H37N3O4. The van der Waals surface area contributed by atoms with E-state index in [1.165, 1.54) is 0 Å². The monoisotopic (exact) mass is 659 g/mol. The number of allylic oxidation sites excluding steroid dienone is 4. The van der Waals surface area contributed by atoms with Crippen LogP contribution in [0.25, 0.3) is 0 Å². The van der Waals surface area contributed by atoms with Crippen LogP contribution in [0.3, 0.4) is 0 Å². The molecule has 2 heterocycles. The van der Waals surface area contributed by atoms with Crippen molar-refractivity contribution < 1.29 is 19.1 Å². The third-order valence-electron chi connectivity index (χ3n) is 9.47. The van der Waals surface area contributed by atoms with Crippen molar-refractivity contribution in [2.45, 2.75) is 44.0 Å². The van der Waals surface area contributed by atoms with Gasteiger partial charge in [-0.15, -0.1) is 6.42 Å². The number of amides is 2. The molecule has 7 nitrogen and oxygen atoms in total. The molecule has 4 aromatic carbocycles. The van der Waals surface area contributed by atoms with E-state index in [0.29, 0.717) is 23.5 Å². The first-order valence-corrected chi connectivity index (χ1v) is 16.9. The van der Waals surface area contributed by atoms with Crippen molar-refractivity contribution in [3.63, 3.8) is 0 Å². The van der Waals surface area contributed by atoms with Gasteiger partial charge in [0.25, 0.3) is 5.91 Å². The van der Waals surface area contributed by atoms with E-state index < -0.39 is 11.6 Å². The number of carbonyl (C=O) groups excluding carboxylic acids is 3. The molecule has 2 aliphatic heterocycles. The Balaban J connectivity index is 1.19. The average molecular weight is 660 g/mol. The molecule has 248 valence electrons. The first-order valence-electron chi connectivity index (χ1n) is 16.9. The van der Waals surface area contributed by atoms with Crippen molar-refractivity contribution in [2.24, 2.45) is 4.99 Å². The zero-order valence-corrected chi connectivity index (χ0v) is 27.7. The predicted octanol–water partition coefficient (Wildman–Crippen LogP) is 6.65. The summed E-state index contributed by atoms with van der Waals surface area (Å²) in [5, 5.41) is 0. The molecule has 0 saturated carbocycles. The molecule has 50 heavy (non-hydrogen) atoms. The number of ether oxygens (including phenoxy) is 1. The van der Waals surface area contributed by atoms with Crippen molar-refractivity contribution in [1.82, 2.24) is 9.80 Å². The number of carbonyl (C=O) groups is 3. The number of fused-ring (bicyclic) bond motifs is 3. The second-order valence-electron chi connectivity index (χ2n) is 12.8. The molecule has 0 fully saturated rings. The summed E-state index contributed by atoms with van der Waals surface area (Å²) in [6.45, 7) is 0.326. The van der Waals surface area contributed by atoms with Crippen LogP contribution in [0.2, 0.25) is 0 Å². The summed E-state index contributed by atoms with van der Waals surface area (Å²) in [6.07, 6.45) is 13.0. The number of hydrogen-bond acceptors (Lipinski definition) is 5. The van der Waals surface area contributed by atoms with Gasteiger partial charge in [-0.2, -0.15) is 0 Å². The van der Waals surface area contributed by atoms with Crippen molar-refractivity contribution in [3.8, 4) is 12.3 Å². The molecule has 1 aliphatic carbocycles. The highest BCUT2D eigenvalue weighted by atomic mass is 16.5. The van der Waals surface area contributed by atoms with Gasteiger partial charge >= 0.3 is 0 Å². The van der Waals surface area contributed by atoms with Gasteiger partial charge in [-0.3, -0.25) is 14.4 Å².